The molecule has 0 radical (unpaired) electrons. The summed E-state index contributed by atoms with van der Waals surface area (Å²) >= 11 is 5.75. The van der Waals surface area contributed by atoms with Crippen LogP contribution in [0.25, 0.3) is 0 Å². The molecule has 0 fully saturated rings. The van der Waals surface area contributed by atoms with Crippen LogP contribution in [0, 0.1) is 5.82 Å². The van der Waals surface area contributed by atoms with Gasteiger partial charge in [0.15, 0.2) is 5.03 Å². The molecule has 0 saturated carbocycles. The van der Waals surface area contributed by atoms with E-state index < -0.39 is 15.8 Å². The predicted molar refractivity (Wildman–Crippen MR) is 64.1 cm³/mol. The van der Waals surface area contributed by atoms with Gasteiger partial charge in [0.25, 0.3) is 10.0 Å². The molecule has 2 N–H and O–H groups in total. The molecule has 0 aliphatic rings. The average molecular weight is 290 g/mol. The van der Waals surface area contributed by atoms with Crippen LogP contribution in [0.3, 0.4) is 0 Å². The standard InChI is InChI=1S/C10H9ClFN3O2S/c11-8-1-2-9(12)7(3-8)4-15-5-10(14-6-15)18(13,16)17/h1-3,5-6H,4H2,(H2,13,16,17). The van der Waals surface area contributed by atoms with Gasteiger partial charge in [0.05, 0.1) is 12.9 Å². The van der Waals surface area contributed by atoms with Gasteiger partial charge in [-0.15, -0.1) is 0 Å². The Morgan fingerprint density at radius 1 is 1.44 bits per heavy atom. The maximum atomic E-state index is 13.5. The minimum absolute atomic E-state index is 0.120. The Morgan fingerprint density at radius 2 is 2.17 bits per heavy atom. The molecule has 1 aromatic carbocycles. The number of hydrogen-bond donors (Lipinski definition) is 1. The number of nitrogens with two attached hydrogens (primary N) is 1. The molecular weight excluding hydrogens is 281 g/mol. The van der Waals surface area contributed by atoms with Crippen LogP contribution in [0.15, 0.2) is 35.7 Å². The molecule has 2 aromatic rings. The Bertz CT molecular complexity index is 684. The van der Waals surface area contributed by atoms with Crippen molar-refractivity contribution in [1.29, 1.82) is 0 Å². The first-order valence-corrected chi connectivity index (χ1v) is 6.77. The maximum Gasteiger partial charge on any atom is 0.257 e. The third-order valence-corrected chi connectivity index (χ3v) is 3.29. The lowest BCUT2D eigenvalue weighted by Gasteiger charge is -2.04. The molecule has 96 valence electrons. The molecule has 0 atom stereocenters. The number of rotatable bonds is 3. The van der Waals surface area contributed by atoms with Crippen molar-refractivity contribution < 1.29 is 12.8 Å². The summed E-state index contributed by atoms with van der Waals surface area (Å²) in [6.07, 6.45) is 2.50. The molecule has 18 heavy (non-hydrogen) atoms. The van der Waals surface area contributed by atoms with Gasteiger partial charge in [-0.3, -0.25) is 0 Å². The van der Waals surface area contributed by atoms with Gasteiger partial charge in [-0.05, 0) is 18.2 Å². The van der Waals surface area contributed by atoms with Crippen LogP contribution in [-0.4, -0.2) is 18.0 Å². The second kappa shape index (κ2) is 4.68. The third-order valence-electron chi connectivity index (χ3n) is 2.26. The van der Waals surface area contributed by atoms with Gasteiger partial charge in [0, 0.05) is 16.8 Å². The highest BCUT2D eigenvalue weighted by atomic mass is 35.5. The highest BCUT2D eigenvalue weighted by Gasteiger charge is 2.12. The van der Waals surface area contributed by atoms with Crippen molar-refractivity contribution in [1.82, 2.24) is 9.55 Å². The molecule has 1 aromatic heterocycles. The number of sulfonamides is 1. The fourth-order valence-corrected chi connectivity index (χ4v) is 2.11. The highest BCUT2D eigenvalue weighted by molar-refractivity contribution is 7.89. The summed E-state index contributed by atoms with van der Waals surface area (Å²) < 4.78 is 36.9. The van der Waals surface area contributed by atoms with E-state index in [0.29, 0.717) is 10.6 Å². The largest absolute Gasteiger partial charge is 0.332 e. The fraction of sp³-hybridized carbons (Fsp3) is 0.100. The van der Waals surface area contributed by atoms with Gasteiger partial charge in [-0.25, -0.2) is 22.9 Å². The number of benzene rings is 1. The first-order chi connectivity index (χ1) is 8.36. The van der Waals surface area contributed by atoms with E-state index in [1.54, 1.807) is 0 Å². The molecule has 0 saturated heterocycles. The van der Waals surface area contributed by atoms with Crippen molar-refractivity contribution in [2.45, 2.75) is 11.6 Å². The Hall–Kier alpha value is -1.44. The van der Waals surface area contributed by atoms with Crippen LogP contribution >= 0.6 is 11.6 Å². The minimum Gasteiger partial charge on any atom is -0.332 e. The van der Waals surface area contributed by atoms with Crippen molar-refractivity contribution in [2.24, 2.45) is 5.14 Å². The zero-order chi connectivity index (χ0) is 13.3. The molecule has 0 spiro atoms. The topological polar surface area (TPSA) is 78.0 Å². The third kappa shape index (κ3) is 2.87. The summed E-state index contributed by atoms with van der Waals surface area (Å²) in [6, 6.07) is 4.15. The Kier molecular flexibility index (Phi) is 3.38. The number of aromatic nitrogens is 2. The van der Waals surface area contributed by atoms with Crippen molar-refractivity contribution >= 4 is 21.6 Å². The summed E-state index contributed by atoms with van der Waals surface area (Å²) in [5.74, 6) is -0.426. The van der Waals surface area contributed by atoms with Gasteiger partial charge < -0.3 is 4.57 Å². The molecule has 0 unspecified atom stereocenters. The van der Waals surface area contributed by atoms with Gasteiger partial charge in [-0.2, -0.15) is 0 Å². The predicted octanol–water partition coefficient (Wildman–Crippen LogP) is 1.37. The number of halogens is 2. The van der Waals surface area contributed by atoms with E-state index >= 15 is 0 Å². The number of hydrogen-bond acceptors (Lipinski definition) is 3. The lowest BCUT2D eigenvalue weighted by Crippen LogP contribution is -2.12. The smallest absolute Gasteiger partial charge is 0.257 e. The second-order valence-electron chi connectivity index (χ2n) is 3.66. The first kappa shape index (κ1) is 13.0. The zero-order valence-corrected chi connectivity index (χ0v) is 10.6. The van der Waals surface area contributed by atoms with E-state index in [9.17, 15) is 12.8 Å². The summed E-state index contributed by atoms with van der Waals surface area (Å²) in [7, 11) is -3.84. The van der Waals surface area contributed by atoms with Crippen molar-refractivity contribution in [3.8, 4) is 0 Å². The molecular formula is C10H9ClFN3O2S. The highest BCUT2D eigenvalue weighted by Crippen LogP contribution is 2.16. The van der Waals surface area contributed by atoms with Crippen LogP contribution in [-0.2, 0) is 16.6 Å². The summed E-state index contributed by atoms with van der Waals surface area (Å²) in [4.78, 5) is 3.63. The maximum absolute atomic E-state index is 13.5. The minimum atomic E-state index is -3.84. The summed E-state index contributed by atoms with van der Waals surface area (Å²) in [6.45, 7) is 0.120. The number of imidazole rings is 1. The lowest BCUT2D eigenvalue weighted by atomic mass is 10.2. The average Bonchev–Trinajstić information content (AvgIpc) is 2.71. The van der Waals surface area contributed by atoms with E-state index in [2.05, 4.69) is 4.98 Å². The fourth-order valence-electron chi connectivity index (χ4n) is 1.43. The summed E-state index contributed by atoms with van der Waals surface area (Å²) in [5, 5.41) is 5.06. The molecule has 2 rings (SSSR count). The second-order valence-corrected chi connectivity index (χ2v) is 5.61. The van der Waals surface area contributed by atoms with Gasteiger partial charge >= 0.3 is 0 Å². The van der Waals surface area contributed by atoms with Gasteiger partial charge in [0.1, 0.15) is 5.82 Å². The quantitative estimate of drug-likeness (QED) is 0.927. The van der Waals surface area contributed by atoms with E-state index in [1.807, 2.05) is 0 Å². The lowest BCUT2D eigenvalue weighted by molar-refractivity contribution is 0.594. The van der Waals surface area contributed by atoms with Crippen molar-refractivity contribution in [3.63, 3.8) is 0 Å². The first-order valence-electron chi connectivity index (χ1n) is 4.85. The molecule has 0 aliphatic carbocycles. The monoisotopic (exact) mass is 289 g/mol. The Balaban J connectivity index is 2.29. The SMILES string of the molecule is NS(=O)(=O)c1cn(Cc2cc(Cl)ccc2F)cn1. The Labute approximate surface area is 108 Å². The van der Waals surface area contributed by atoms with Crippen molar-refractivity contribution in [3.05, 3.63) is 47.1 Å². The number of nitrogens with zero attached hydrogens (tertiary/aromatic N) is 2. The van der Waals surface area contributed by atoms with Crippen LogP contribution < -0.4 is 5.14 Å². The summed E-state index contributed by atoms with van der Waals surface area (Å²) in [5.41, 5.74) is 0.334. The van der Waals surface area contributed by atoms with Gasteiger partial charge in [0.2, 0.25) is 0 Å². The van der Waals surface area contributed by atoms with Crippen LogP contribution in [0.5, 0.6) is 0 Å². The Morgan fingerprint density at radius 3 is 2.78 bits per heavy atom. The van der Waals surface area contributed by atoms with Crippen LogP contribution in [0.1, 0.15) is 5.56 Å². The van der Waals surface area contributed by atoms with Crippen molar-refractivity contribution in [2.75, 3.05) is 0 Å². The molecule has 5 nitrogen and oxygen atoms in total. The van der Waals surface area contributed by atoms with Crippen LogP contribution in [0.4, 0.5) is 4.39 Å². The normalized spacial score (nSPS) is 11.7. The van der Waals surface area contributed by atoms with E-state index in [0.717, 1.165) is 0 Å². The molecule has 8 heteroatoms. The molecule has 0 aliphatic heterocycles. The zero-order valence-electron chi connectivity index (χ0n) is 9.05. The number of primary sulfonamides is 1. The van der Waals surface area contributed by atoms with E-state index in [-0.39, 0.29) is 11.6 Å². The van der Waals surface area contributed by atoms with Crippen LogP contribution in [0.2, 0.25) is 5.02 Å². The van der Waals surface area contributed by atoms with E-state index in [1.165, 1.54) is 35.3 Å². The molecule has 0 amide bonds. The molecule has 1 heterocycles. The van der Waals surface area contributed by atoms with Gasteiger partial charge in [-0.1, -0.05) is 11.6 Å². The molecule has 0 bridgehead atoms. The van der Waals surface area contributed by atoms with E-state index in [4.69, 9.17) is 16.7 Å².